The van der Waals surface area contributed by atoms with E-state index >= 15 is 0 Å². The van der Waals surface area contributed by atoms with Gasteiger partial charge in [0, 0.05) is 22.1 Å². The van der Waals surface area contributed by atoms with Crippen molar-refractivity contribution in [3.8, 4) is 67.3 Å². The Morgan fingerprint density at radius 1 is 0.333 bits per heavy atom. The van der Waals surface area contributed by atoms with E-state index in [9.17, 15) is 0 Å². The third kappa shape index (κ3) is 5.25. The van der Waals surface area contributed by atoms with Crippen LogP contribution < -0.4 is 0 Å². The SMILES string of the molecule is CC1(C)c2ccccc2-c2c(-c3c4ccccc4c(-c4cc(-c5ccccc5)nc(-c5ccccc5)n4)c4ccc(-c5cccc6ccccc56)cc34)cccc21. The fourth-order valence-corrected chi connectivity index (χ4v) is 9.40. The lowest BCUT2D eigenvalue weighted by Gasteiger charge is -2.23. The number of aromatic nitrogens is 2. The summed E-state index contributed by atoms with van der Waals surface area (Å²) in [6.07, 6.45) is 0. The maximum atomic E-state index is 5.42. The Labute approximate surface area is 332 Å². The predicted molar refractivity (Wildman–Crippen MR) is 239 cm³/mol. The lowest BCUT2D eigenvalue weighted by Crippen LogP contribution is -2.14. The molecule has 2 heteroatoms. The number of benzene rings is 9. The van der Waals surface area contributed by atoms with Crippen LogP contribution in [0.3, 0.4) is 0 Å². The zero-order valence-electron chi connectivity index (χ0n) is 31.9. The first-order valence-electron chi connectivity index (χ1n) is 19.8. The van der Waals surface area contributed by atoms with Crippen LogP contribution in [0.25, 0.3) is 99.6 Å². The molecule has 10 aromatic rings. The third-order valence-electron chi connectivity index (χ3n) is 12.1. The Hall–Kier alpha value is -7.16. The molecule has 57 heavy (non-hydrogen) atoms. The first-order chi connectivity index (χ1) is 28.0. The van der Waals surface area contributed by atoms with Crippen LogP contribution in [0.15, 0.2) is 194 Å². The average Bonchev–Trinajstić information content (AvgIpc) is 3.51. The Bertz CT molecular complexity index is 3130. The van der Waals surface area contributed by atoms with Crippen LogP contribution in [0, 0.1) is 0 Å². The largest absolute Gasteiger partial charge is 0.228 e. The van der Waals surface area contributed by atoms with E-state index in [4.69, 9.17) is 9.97 Å². The molecular weight excluding hydrogens is 689 g/mol. The van der Waals surface area contributed by atoms with Gasteiger partial charge < -0.3 is 0 Å². The molecule has 0 radical (unpaired) electrons. The standard InChI is InChI=1S/C55H38N2/c1-55(2)47-29-14-13-26-44(47)52-45(28-16-30-48(52)55)51-41-24-11-12-25-42(41)53(43-32-31-38(33-46(43)51)40-27-15-22-35-17-9-10-23-39(35)40)50-34-49(36-18-5-3-6-19-36)56-54(57-50)37-20-7-4-8-21-37/h3-34H,1-2H3. The number of hydrogen-bond donors (Lipinski definition) is 0. The molecule has 0 amide bonds. The maximum Gasteiger partial charge on any atom is 0.160 e. The van der Waals surface area contributed by atoms with Crippen LogP contribution in [0.4, 0.5) is 0 Å². The van der Waals surface area contributed by atoms with E-state index in [1.165, 1.54) is 66.1 Å². The van der Waals surface area contributed by atoms with Crippen LogP contribution in [0.2, 0.25) is 0 Å². The van der Waals surface area contributed by atoms with Gasteiger partial charge in [-0.05, 0) is 89.0 Å². The van der Waals surface area contributed by atoms with Crippen molar-refractivity contribution in [2.24, 2.45) is 0 Å². The van der Waals surface area contributed by atoms with Gasteiger partial charge in [0.25, 0.3) is 0 Å². The summed E-state index contributed by atoms with van der Waals surface area (Å²) in [5.74, 6) is 0.709. The van der Waals surface area contributed by atoms with Gasteiger partial charge in [-0.2, -0.15) is 0 Å². The molecule has 1 aliphatic rings. The Morgan fingerprint density at radius 2 is 0.895 bits per heavy atom. The van der Waals surface area contributed by atoms with Gasteiger partial charge in [-0.1, -0.05) is 196 Å². The lowest BCUT2D eigenvalue weighted by atomic mass is 9.80. The number of nitrogens with zero attached hydrogens (tertiary/aromatic N) is 2. The summed E-state index contributed by atoms with van der Waals surface area (Å²) < 4.78 is 0. The predicted octanol–water partition coefficient (Wildman–Crippen LogP) is 14.6. The second kappa shape index (κ2) is 13.0. The number of hydrogen-bond acceptors (Lipinski definition) is 2. The Balaban J connectivity index is 1.28. The van der Waals surface area contributed by atoms with E-state index in [1.807, 2.05) is 6.07 Å². The maximum absolute atomic E-state index is 5.42. The molecule has 0 spiro atoms. The van der Waals surface area contributed by atoms with Crippen molar-refractivity contribution in [3.63, 3.8) is 0 Å². The highest BCUT2D eigenvalue weighted by atomic mass is 14.9. The second-order valence-electron chi connectivity index (χ2n) is 15.7. The summed E-state index contributed by atoms with van der Waals surface area (Å²) in [5, 5.41) is 7.20. The molecule has 11 rings (SSSR count). The fraction of sp³-hybridized carbons (Fsp3) is 0.0545. The zero-order valence-corrected chi connectivity index (χ0v) is 31.9. The van der Waals surface area contributed by atoms with Gasteiger partial charge in [-0.3, -0.25) is 0 Å². The first-order valence-corrected chi connectivity index (χ1v) is 19.8. The molecule has 0 atom stereocenters. The molecule has 0 unspecified atom stereocenters. The second-order valence-corrected chi connectivity index (χ2v) is 15.7. The van der Waals surface area contributed by atoms with Crippen molar-refractivity contribution in [2.75, 3.05) is 0 Å². The normalized spacial score (nSPS) is 12.9. The van der Waals surface area contributed by atoms with Crippen molar-refractivity contribution in [3.05, 3.63) is 205 Å². The average molecular weight is 727 g/mol. The van der Waals surface area contributed by atoms with Gasteiger partial charge in [-0.25, -0.2) is 9.97 Å². The third-order valence-corrected chi connectivity index (χ3v) is 12.1. The fourth-order valence-electron chi connectivity index (χ4n) is 9.40. The van der Waals surface area contributed by atoms with E-state index in [1.54, 1.807) is 0 Å². The molecule has 2 nitrogen and oxygen atoms in total. The summed E-state index contributed by atoms with van der Waals surface area (Å²) in [4.78, 5) is 10.6. The summed E-state index contributed by atoms with van der Waals surface area (Å²) in [5.41, 5.74) is 15.1. The minimum Gasteiger partial charge on any atom is -0.228 e. The van der Waals surface area contributed by atoms with Crippen LogP contribution in [0.1, 0.15) is 25.0 Å². The lowest BCUT2D eigenvalue weighted by molar-refractivity contribution is 0.660. The van der Waals surface area contributed by atoms with Crippen molar-refractivity contribution < 1.29 is 0 Å². The zero-order chi connectivity index (χ0) is 38.1. The molecule has 0 N–H and O–H groups in total. The molecule has 0 bridgehead atoms. The Morgan fingerprint density at radius 3 is 1.70 bits per heavy atom. The van der Waals surface area contributed by atoms with Crippen LogP contribution >= 0.6 is 0 Å². The molecule has 0 fully saturated rings. The summed E-state index contributed by atoms with van der Waals surface area (Å²) >= 11 is 0. The monoisotopic (exact) mass is 726 g/mol. The van der Waals surface area contributed by atoms with Crippen LogP contribution in [-0.2, 0) is 5.41 Å². The minimum absolute atomic E-state index is 0.121. The van der Waals surface area contributed by atoms with Crippen molar-refractivity contribution in [1.82, 2.24) is 9.97 Å². The number of fused-ring (bicyclic) bond motifs is 6. The van der Waals surface area contributed by atoms with Gasteiger partial charge in [0.15, 0.2) is 5.82 Å². The molecular formula is C55H38N2. The van der Waals surface area contributed by atoms with Crippen molar-refractivity contribution in [2.45, 2.75) is 19.3 Å². The van der Waals surface area contributed by atoms with E-state index < -0.39 is 0 Å². The minimum atomic E-state index is -0.121. The molecule has 0 saturated carbocycles. The Kier molecular flexibility index (Phi) is 7.55. The van der Waals surface area contributed by atoms with Gasteiger partial charge in [0.1, 0.15) is 0 Å². The summed E-state index contributed by atoms with van der Waals surface area (Å²) in [7, 11) is 0. The highest BCUT2D eigenvalue weighted by Crippen LogP contribution is 2.54. The van der Waals surface area contributed by atoms with E-state index in [0.717, 1.165) is 38.9 Å². The van der Waals surface area contributed by atoms with E-state index in [-0.39, 0.29) is 5.41 Å². The van der Waals surface area contributed by atoms with Crippen LogP contribution in [-0.4, -0.2) is 9.97 Å². The molecule has 1 aliphatic carbocycles. The first kappa shape index (κ1) is 33.2. The molecule has 0 aliphatic heterocycles. The number of rotatable bonds is 5. The summed E-state index contributed by atoms with van der Waals surface area (Å²) in [6, 6.07) is 70.2. The van der Waals surface area contributed by atoms with Crippen molar-refractivity contribution >= 4 is 32.3 Å². The van der Waals surface area contributed by atoms with E-state index in [2.05, 4.69) is 202 Å². The van der Waals surface area contributed by atoms with Gasteiger partial charge in [-0.15, -0.1) is 0 Å². The molecule has 1 heterocycles. The topological polar surface area (TPSA) is 25.8 Å². The highest BCUT2D eigenvalue weighted by molar-refractivity contribution is 6.23. The molecule has 9 aromatic carbocycles. The molecule has 1 aromatic heterocycles. The van der Waals surface area contributed by atoms with Gasteiger partial charge in [0.2, 0.25) is 0 Å². The molecule has 268 valence electrons. The summed E-state index contributed by atoms with van der Waals surface area (Å²) in [6.45, 7) is 4.73. The van der Waals surface area contributed by atoms with Crippen LogP contribution in [0.5, 0.6) is 0 Å². The van der Waals surface area contributed by atoms with Crippen molar-refractivity contribution in [1.29, 1.82) is 0 Å². The van der Waals surface area contributed by atoms with Gasteiger partial charge in [0.05, 0.1) is 11.4 Å². The van der Waals surface area contributed by atoms with E-state index in [0.29, 0.717) is 5.82 Å². The molecule has 0 saturated heterocycles. The van der Waals surface area contributed by atoms with Gasteiger partial charge >= 0.3 is 0 Å². The quantitative estimate of drug-likeness (QED) is 0.165. The smallest absolute Gasteiger partial charge is 0.160 e. The highest BCUT2D eigenvalue weighted by Gasteiger charge is 2.37.